The molecule has 7 heteroatoms. The SMILES string of the molecule is NC(=O)COc1ccc(NC(=O)COc2ccc3ccccc3c2Br)cc1. The Hall–Kier alpha value is -3.06. The minimum absolute atomic E-state index is 0.128. The first kappa shape index (κ1) is 18.7. The van der Waals surface area contributed by atoms with Crippen molar-refractivity contribution >= 4 is 44.2 Å². The predicted molar refractivity (Wildman–Crippen MR) is 107 cm³/mol. The highest BCUT2D eigenvalue weighted by molar-refractivity contribution is 9.10. The zero-order chi connectivity index (χ0) is 19.2. The van der Waals surface area contributed by atoms with Gasteiger partial charge in [-0.2, -0.15) is 0 Å². The van der Waals surface area contributed by atoms with Gasteiger partial charge in [0, 0.05) is 5.69 Å². The number of hydrogen-bond acceptors (Lipinski definition) is 4. The summed E-state index contributed by atoms with van der Waals surface area (Å²) in [5.74, 6) is 0.243. The fourth-order valence-electron chi connectivity index (χ4n) is 2.45. The summed E-state index contributed by atoms with van der Waals surface area (Å²) in [5, 5.41) is 4.83. The van der Waals surface area contributed by atoms with Crippen molar-refractivity contribution in [1.82, 2.24) is 0 Å². The van der Waals surface area contributed by atoms with Gasteiger partial charge < -0.3 is 20.5 Å². The standard InChI is InChI=1S/C20H17BrN2O4/c21-20-16-4-2-1-3-13(16)5-10-17(20)27-12-19(25)23-14-6-8-15(9-7-14)26-11-18(22)24/h1-10H,11-12H2,(H2,22,24)(H,23,25). The molecule has 0 heterocycles. The summed E-state index contributed by atoms with van der Waals surface area (Å²) in [7, 11) is 0. The lowest BCUT2D eigenvalue weighted by Gasteiger charge is -2.11. The van der Waals surface area contributed by atoms with E-state index in [0.717, 1.165) is 15.2 Å². The van der Waals surface area contributed by atoms with E-state index in [2.05, 4.69) is 21.2 Å². The number of carbonyl (C=O) groups is 2. The number of hydrogen-bond donors (Lipinski definition) is 2. The molecule has 0 fully saturated rings. The summed E-state index contributed by atoms with van der Waals surface area (Å²) in [4.78, 5) is 22.8. The van der Waals surface area contributed by atoms with Crippen LogP contribution in [0.3, 0.4) is 0 Å². The van der Waals surface area contributed by atoms with E-state index in [1.807, 2.05) is 36.4 Å². The molecule has 0 unspecified atom stereocenters. The molecule has 0 atom stereocenters. The quantitative estimate of drug-likeness (QED) is 0.602. The Bertz CT molecular complexity index is 973. The zero-order valence-corrected chi connectivity index (χ0v) is 15.9. The van der Waals surface area contributed by atoms with Crippen molar-refractivity contribution < 1.29 is 19.1 Å². The topological polar surface area (TPSA) is 90.7 Å². The average Bonchev–Trinajstić information content (AvgIpc) is 2.67. The van der Waals surface area contributed by atoms with Crippen molar-refractivity contribution in [3.63, 3.8) is 0 Å². The third kappa shape index (κ3) is 4.98. The molecule has 27 heavy (non-hydrogen) atoms. The molecular weight excluding hydrogens is 412 g/mol. The maximum atomic E-state index is 12.1. The highest BCUT2D eigenvalue weighted by atomic mass is 79.9. The van der Waals surface area contributed by atoms with Crippen LogP contribution in [0.25, 0.3) is 10.8 Å². The number of nitrogens with one attached hydrogen (secondary N) is 1. The monoisotopic (exact) mass is 428 g/mol. The van der Waals surface area contributed by atoms with Gasteiger partial charge in [0.2, 0.25) is 0 Å². The molecule has 2 amide bonds. The summed E-state index contributed by atoms with van der Waals surface area (Å²) < 4.78 is 11.6. The minimum Gasteiger partial charge on any atom is -0.484 e. The van der Waals surface area contributed by atoms with Crippen molar-refractivity contribution in [2.75, 3.05) is 18.5 Å². The Morgan fingerprint density at radius 2 is 1.67 bits per heavy atom. The van der Waals surface area contributed by atoms with Gasteiger partial charge in [-0.3, -0.25) is 9.59 Å². The van der Waals surface area contributed by atoms with Gasteiger partial charge in [0.25, 0.3) is 11.8 Å². The zero-order valence-electron chi connectivity index (χ0n) is 14.3. The fraction of sp³-hybridized carbons (Fsp3) is 0.100. The van der Waals surface area contributed by atoms with Gasteiger partial charge in [-0.05, 0) is 57.0 Å². The molecule has 3 aromatic carbocycles. The van der Waals surface area contributed by atoms with Crippen LogP contribution in [-0.4, -0.2) is 25.0 Å². The highest BCUT2D eigenvalue weighted by Gasteiger charge is 2.09. The van der Waals surface area contributed by atoms with Crippen molar-refractivity contribution in [2.24, 2.45) is 5.73 Å². The Morgan fingerprint density at radius 1 is 0.926 bits per heavy atom. The Labute approximate surface area is 164 Å². The van der Waals surface area contributed by atoms with Gasteiger partial charge >= 0.3 is 0 Å². The van der Waals surface area contributed by atoms with Crippen LogP contribution in [0.5, 0.6) is 11.5 Å². The van der Waals surface area contributed by atoms with Crippen LogP contribution in [0, 0.1) is 0 Å². The number of benzene rings is 3. The summed E-state index contributed by atoms with van der Waals surface area (Å²) in [5.41, 5.74) is 5.61. The second kappa shape index (κ2) is 8.55. The molecule has 0 saturated carbocycles. The molecule has 3 rings (SSSR count). The summed E-state index contributed by atoms with van der Waals surface area (Å²) >= 11 is 3.53. The molecule has 0 aliphatic rings. The molecule has 0 aliphatic heterocycles. The normalized spacial score (nSPS) is 10.4. The summed E-state index contributed by atoms with van der Waals surface area (Å²) in [6, 6.07) is 18.3. The van der Waals surface area contributed by atoms with E-state index in [1.165, 1.54) is 0 Å². The Balaban J connectivity index is 1.57. The second-order valence-corrected chi connectivity index (χ2v) is 6.51. The number of ether oxygens (including phenoxy) is 2. The first-order valence-corrected chi connectivity index (χ1v) is 8.93. The molecule has 3 aromatic rings. The second-order valence-electron chi connectivity index (χ2n) is 5.72. The molecule has 0 aromatic heterocycles. The van der Waals surface area contributed by atoms with Crippen LogP contribution < -0.4 is 20.5 Å². The first-order valence-electron chi connectivity index (χ1n) is 8.14. The van der Waals surface area contributed by atoms with Crippen molar-refractivity contribution in [3.8, 4) is 11.5 Å². The van der Waals surface area contributed by atoms with E-state index in [1.54, 1.807) is 24.3 Å². The Kier molecular flexibility index (Phi) is 5.93. The van der Waals surface area contributed by atoms with Crippen molar-refractivity contribution in [1.29, 1.82) is 0 Å². The fourth-order valence-corrected chi connectivity index (χ4v) is 3.06. The number of rotatable bonds is 7. The van der Waals surface area contributed by atoms with Crippen LogP contribution in [0.4, 0.5) is 5.69 Å². The van der Waals surface area contributed by atoms with Crippen molar-refractivity contribution in [3.05, 3.63) is 65.1 Å². The van der Waals surface area contributed by atoms with E-state index in [0.29, 0.717) is 17.2 Å². The number of fused-ring (bicyclic) bond motifs is 1. The highest BCUT2D eigenvalue weighted by Crippen LogP contribution is 2.33. The molecule has 0 bridgehead atoms. The van der Waals surface area contributed by atoms with Crippen LogP contribution in [0.15, 0.2) is 65.1 Å². The van der Waals surface area contributed by atoms with Gasteiger partial charge in [0.1, 0.15) is 11.5 Å². The number of halogens is 1. The molecule has 0 aliphatic carbocycles. The third-order valence-corrected chi connectivity index (χ3v) is 4.52. The first-order chi connectivity index (χ1) is 13.0. The maximum absolute atomic E-state index is 12.1. The molecule has 138 valence electrons. The maximum Gasteiger partial charge on any atom is 0.262 e. The molecular formula is C20H17BrN2O4. The molecule has 3 N–H and O–H groups in total. The van der Waals surface area contributed by atoms with Gasteiger partial charge in [0.05, 0.1) is 4.47 Å². The van der Waals surface area contributed by atoms with Gasteiger partial charge in [-0.1, -0.05) is 30.3 Å². The van der Waals surface area contributed by atoms with Crippen LogP contribution in [0.1, 0.15) is 0 Å². The predicted octanol–water partition coefficient (Wildman–Crippen LogP) is 3.48. The van der Waals surface area contributed by atoms with Gasteiger partial charge in [-0.15, -0.1) is 0 Å². The lowest BCUT2D eigenvalue weighted by Crippen LogP contribution is -2.20. The number of amides is 2. The molecule has 0 spiro atoms. The van der Waals surface area contributed by atoms with Crippen LogP contribution >= 0.6 is 15.9 Å². The van der Waals surface area contributed by atoms with E-state index in [-0.39, 0.29) is 19.1 Å². The van der Waals surface area contributed by atoms with E-state index < -0.39 is 5.91 Å². The smallest absolute Gasteiger partial charge is 0.262 e. The van der Waals surface area contributed by atoms with Crippen molar-refractivity contribution in [2.45, 2.75) is 0 Å². The molecule has 6 nitrogen and oxygen atoms in total. The van der Waals surface area contributed by atoms with Gasteiger partial charge in [0.15, 0.2) is 13.2 Å². The van der Waals surface area contributed by atoms with E-state index in [4.69, 9.17) is 15.2 Å². The number of carbonyl (C=O) groups excluding carboxylic acids is 2. The van der Waals surface area contributed by atoms with Crippen LogP contribution in [-0.2, 0) is 9.59 Å². The molecule has 0 saturated heterocycles. The average molecular weight is 429 g/mol. The third-order valence-electron chi connectivity index (χ3n) is 3.71. The number of primary amides is 1. The Morgan fingerprint density at radius 3 is 2.41 bits per heavy atom. The van der Waals surface area contributed by atoms with E-state index in [9.17, 15) is 9.59 Å². The summed E-state index contributed by atoms with van der Waals surface area (Å²) in [6.07, 6.45) is 0. The molecule has 0 radical (unpaired) electrons. The summed E-state index contributed by atoms with van der Waals surface area (Å²) in [6.45, 7) is -0.322. The number of nitrogens with two attached hydrogens (primary N) is 1. The lowest BCUT2D eigenvalue weighted by atomic mass is 10.1. The van der Waals surface area contributed by atoms with E-state index >= 15 is 0 Å². The van der Waals surface area contributed by atoms with Gasteiger partial charge in [-0.25, -0.2) is 0 Å². The lowest BCUT2D eigenvalue weighted by molar-refractivity contribution is -0.120. The van der Waals surface area contributed by atoms with Crippen LogP contribution in [0.2, 0.25) is 0 Å². The number of anilines is 1. The minimum atomic E-state index is -0.552. The largest absolute Gasteiger partial charge is 0.484 e.